The lowest BCUT2D eigenvalue weighted by atomic mass is 9.93. The molecule has 0 aliphatic heterocycles. The maximum Gasteiger partial charge on any atom is 0.0738 e. The molecule has 0 saturated heterocycles. The van der Waals surface area contributed by atoms with Gasteiger partial charge in [0.05, 0.1) is 15.9 Å². The van der Waals surface area contributed by atoms with Crippen LogP contribution in [0.5, 0.6) is 0 Å². The first kappa shape index (κ1) is 15.0. The van der Waals surface area contributed by atoms with Crippen LogP contribution >= 0.6 is 15.9 Å². The number of aromatic nitrogens is 2. The summed E-state index contributed by atoms with van der Waals surface area (Å²) in [7, 11) is 2.06. The average Bonchev–Trinajstić information content (AvgIpc) is 2.58. The number of halogens is 1. The van der Waals surface area contributed by atoms with Gasteiger partial charge in [-0.2, -0.15) is 5.10 Å². The number of hydrogen-bond donors (Lipinski definition) is 1. The Labute approximate surface area is 125 Å². The van der Waals surface area contributed by atoms with Gasteiger partial charge in [0, 0.05) is 13.1 Å². The van der Waals surface area contributed by atoms with Crippen LogP contribution < -0.4 is 5.32 Å². The first-order valence-corrected chi connectivity index (χ1v) is 8.32. The predicted octanol–water partition coefficient (Wildman–Crippen LogP) is 3.59. The maximum atomic E-state index is 4.51. The van der Waals surface area contributed by atoms with Crippen LogP contribution in [0.4, 0.5) is 0 Å². The van der Waals surface area contributed by atoms with Crippen molar-refractivity contribution in [3.63, 3.8) is 0 Å². The topological polar surface area (TPSA) is 29.9 Å². The molecule has 1 heterocycles. The molecule has 0 spiro atoms. The highest BCUT2D eigenvalue weighted by Gasteiger charge is 2.22. The van der Waals surface area contributed by atoms with Gasteiger partial charge in [-0.3, -0.25) is 4.68 Å². The number of nitrogens with zero attached hydrogens (tertiary/aromatic N) is 2. The van der Waals surface area contributed by atoms with Gasteiger partial charge in [-0.25, -0.2) is 0 Å². The number of aryl methyl sites for hydroxylation is 2. The minimum absolute atomic E-state index is 0.714. The zero-order chi connectivity index (χ0) is 13.8. The van der Waals surface area contributed by atoms with Gasteiger partial charge in [0.1, 0.15) is 0 Å². The molecule has 2 atom stereocenters. The summed E-state index contributed by atoms with van der Waals surface area (Å²) in [6, 6.07) is 0.714. The molecule has 4 heteroatoms. The molecular formula is C15H26BrN3. The lowest BCUT2D eigenvalue weighted by Crippen LogP contribution is -2.30. The van der Waals surface area contributed by atoms with Crippen LogP contribution in [0.3, 0.4) is 0 Å². The lowest BCUT2D eigenvalue weighted by Gasteiger charge is -2.21. The Morgan fingerprint density at radius 2 is 2.11 bits per heavy atom. The van der Waals surface area contributed by atoms with Crippen molar-refractivity contribution in [2.24, 2.45) is 13.0 Å². The molecule has 1 aromatic rings. The summed E-state index contributed by atoms with van der Waals surface area (Å²) in [5, 5.41) is 8.15. The van der Waals surface area contributed by atoms with Crippen LogP contribution in [0.25, 0.3) is 0 Å². The molecule has 2 rings (SSSR count). The molecule has 1 aliphatic rings. The molecule has 0 radical (unpaired) electrons. The van der Waals surface area contributed by atoms with E-state index in [1.54, 1.807) is 0 Å². The van der Waals surface area contributed by atoms with Gasteiger partial charge in [0.25, 0.3) is 0 Å². The van der Waals surface area contributed by atoms with Gasteiger partial charge >= 0.3 is 0 Å². The summed E-state index contributed by atoms with van der Waals surface area (Å²) in [5.41, 5.74) is 2.47. The van der Waals surface area contributed by atoms with Crippen molar-refractivity contribution in [1.29, 1.82) is 0 Å². The Kier molecular flexibility index (Phi) is 5.46. The summed E-state index contributed by atoms with van der Waals surface area (Å²) in [6.45, 7) is 5.37. The predicted molar refractivity (Wildman–Crippen MR) is 83.4 cm³/mol. The molecule has 1 saturated carbocycles. The lowest BCUT2D eigenvalue weighted by molar-refractivity contribution is 0.382. The summed E-state index contributed by atoms with van der Waals surface area (Å²) in [4.78, 5) is 0. The molecule has 3 nitrogen and oxygen atoms in total. The Morgan fingerprint density at radius 1 is 1.37 bits per heavy atom. The monoisotopic (exact) mass is 327 g/mol. The second-order valence-electron chi connectivity index (χ2n) is 5.81. The second-order valence-corrected chi connectivity index (χ2v) is 6.61. The van der Waals surface area contributed by atoms with E-state index in [0.29, 0.717) is 6.04 Å². The van der Waals surface area contributed by atoms with Crippen molar-refractivity contribution in [1.82, 2.24) is 15.1 Å². The normalized spacial score (nSPS) is 24.4. The summed E-state index contributed by atoms with van der Waals surface area (Å²) in [6.07, 6.45) is 7.92. The van der Waals surface area contributed by atoms with Gasteiger partial charge in [0.2, 0.25) is 0 Å². The fraction of sp³-hybridized carbons (Fsp3) is 0.800. The second kappa shape index (κ2) is 6.89. The third-order valence-electron chi connectivity index (χ3n) is 4.27. The Bertz CT molecular complexity index is 414. The fourth-order valence-corrected chi connectivity index (χ4v) is 3.79. The standard InChI is InChI=1S/C15H26BrN3/c1-4-17-13-8-6-5-7-12(9-13)10-14-15(16)11(2)18-19(14)3/h12-13,17H,4-10H2,1-3H3. The van der Waals surface area contributed by atoms with Gasteiger partial charge < -0.3 is 5.32 Å². The van der Waals surface area contributed by atoms with Gasteiger partial charge in [0.15, 0.2) is 0 Å². The zero-order valence-electron chi connectivity index (χ0n) is 12.4. The van der Waals surface area contributed by atoms with Crippen molar-refractivity contribution >= 4 is 15.9 Å². The molecule has 2 unspecified atom stereocenters. The third kappa shape index (κ3) is 3.82. The number of nitrogens with one attached hydrogen (secondary N) is 1. The van der Waals surface area contributed by atoms with E-state index in [0.717, 1.165) is 24.6 Å². The van der Waals surface area contributed by atoms with Crippen LogP contribution in [-0.4, -0.2) is 22.4 Å². The van der Waals surface area contributed by atoms with Crippen LogP contribution in [0.2, 0.25) is 0 Å². The zero-order valence-corrected chi connectivity index (χ0v) is 14.0. The molecule has 1 fully saturated rings. The molecule has 0 aromatic carbocycles. The van der Waals surface area contributed by atoms with E-state index in [2.05, 4.69) is 47.2 Å². The third-order valence-corrected chi connectivity index (χ3v) is 5.30. The Hall–Kier alpha value is -0.350. The molecule has 1 aliphatic carbocycles. The highest BCUT2D eigenvalue weighted by molar-refractivity contribution is 9.10. The van der Waals surface area contributed by atoms with Gasteiger partial charge in [-0.15, -0.1) is 0 Å². The van der Waals surface area contributed by atoms with E-state index in [9.17, 15) is 0 Å². The molecule has 108 valence electrons. The highest BCUT2D eigenvalue weighted by atomic mass is 79.9. The molecule has 0 amide bonds. The molecule has 19 heavy (non-hydrogen) atoms. The highest BCUT2D eigenvalue weighted by Crippen LogP contribution is 2.30. The first-order valence-electron chi connectivity index (χ1n) is 7.53. The maximum absolute atomic E-state index is 4.51. The van der Waals surface area contributed by atoms with Crippen molar-refractivity contribution in [3.05, 3.63) is 15.9 Å². The fourth-order valence-electron chi connectivity index (χ4n) is 3.30. The molecule has 1 aromatic heterocycles. The van der Waals surface area contributed by atoms with E-state index < -0.39 is 0 Å². The van der Waals surface area contributed by atoms with Crippen LogP contribution in [0, 0.1) is 12.8 Å². The van der Waals surface area contributed by atoms with E-state index >= 15 is 0 Å². The van der Waals surface area contributed by atoms with E-state index in [1.165, 1.54) is 42.3 Å². The Morgan fingerprint density at radius 3 is 2.74 bits per heavy atom. The average molecular weight is 328 g/mol. The quantitative estimate of drug-likeness (QED) is 0.856. The smallest absolute Gasteiger partial charge is 0.0738 e. The summed E-state index contributed by atoms with van der Waals surface area (Å²) >= 11 is 3.69. The van der Waals surface area contributed by atoms with E-state index in [4.69, 9.17) is 0 Å². The molecular weight excluding hydrogens is 302 g/mol. The Balaban J connectivity index is 2.04. The van der Waals surface area contributed by atoms with Gasteiger partial charge in [-0.1, -0.05) is 26.2 Å². The minimum atomic E-state index is 0.714. The van der Waals surface area contributed by atoms with Crippen LogP contribution in [0.1, 0.15) is 50.4 Å². The van der Waals surface area contributed by atoms with E-state index in [1.807, 2.05) is 4.68 Å². The van der Waals surface area contributed by atoms with Gasteiger partial charge in [-0.05, 0) is 54.6 Å². The molecule has 0 bridgehead atoms. The summed E-state index contributed by atoms with van der Waals surface area (Å²) < 4.78 is 3.26. The first-order chi connectivity index (χ1) is 9.11. The van der Waals surface area contributed by atoms with Crippen molar-refractivity contribution in [3.8, 4) is 0 Å². The van der Waals surface area contributed by atoms with Crippen molar-refractivity contribution < 1.29 is 0 Å². The number of rotatable bonds is 4. The SMILES string of the molecule is CCNC1CCCCC(Cc2c(Br)c(C)nn2C)C1. The largest absolute Gasteiger partial charge is 0.314 e. The van der Waals surface area contributed by atoms with Crippen molar-refractivity contribution in [2.45, 2.75) is 58.4 Å². The van der Waals surface area contributed by atoms with Crippen LogP contribution in [-0.2, 0) is 13.5 Å². The van der Waals surface area contributed by atoms with E-state index in [-0.39, 0.29) is 0 Å². The minimum Gasteiger partial charge on any atom is -0.314 e. The van der Waals surface area contributed by atoms with Crippen LogP contribution in [0.15, 0.2) is 4.47 Å². The van der Waals surface area contributed by atoms with Crippen molar-refractivity contribution in [2.75, 3.05) is 6.54 Å². The molecule has 1 N–H and O–H groups in total. The number of hydrogen-bond acceptors (Lipinski definition) is 2. The summed E-state index contributed by atoms with van der Waals surface area (Å²) in [5.74, 6) is 0.789.